The largest absolute Gasteiger partial charge is 0.462 e. The van der Waals surface area contributed by atoms with Gasteiger partial charge in [-0.3, -0.25) is 9.59 Å². The van der Waals surface area contributed by atoms with Gasteiger partial charge in [-0.15, -0.1) is 0 Å². The number of carbonyl (C=O) groups is 3. The molecule has 0 fully saturated rings. The minimum Gasteiger partial charge on any atom is -0.462 e. The number of benzene rings is 2. The molecular formula is C25H27N3O7S2. The zero-order chi connectivity index (χ0) is 26.6. The monoisotopic (exact) mass is 545 g/mol. The first-order valence-electron chi connectivity index (χ1n) is 11.7. The lowest BCUT2D eigenvalue weighted by atomic mass is 10.2. The third-order valence-corrected chi connectivity index (χ3v) is 8.22. The summed E-state index contributed by atoms with van der Waals surface area (Å²) < 4.78 is 38.1. The van der Waals surface area contributed by atoms with E-state index in [-0.39, 0.29) is 11.4 Å². The number of amides is 2. The Balaban J connectivity index is 1.55. The highest BCUT2D eigenvalue weighted by Crippen LogP contribution is 2.27. The molecule has 2 heterocycles. The predicted molar refractivity (Wildman–Crippen MR) is 139 cm³/mol. The fourth-order valence-corrected chi connectivity index (χ4v) is 6.33. The fourth-order valence-electron chi connectivity index (χ4n) is 4.14. The van der Waals surface area contributed by atoms with Crippen molar-refractivity contribution in [2.75, 3.05) is 43.3 Å². The van der Waals surface area contributed by atoms with Crippen molar-refractivity contribution in [3.8, 4) is 0 Å². The average Bonchev–Trinajstić information content (AvgIpc) is 3.42. The zero-order valence-corrected chi connectivity index (χ0v) is 22.1. The number of para-hydroxylation sites is 1. The van der Waals surface area contributed by atoms with Crippen LogP contribution < -0.4 is 9.70 Å². The Labute approximate surface area is 218 Å². The van der Waals surface area contributed by atoms with E-state index in [0.717, 1.165) is 16.9 Å². The van der Waals surface area contributed by atoms with Crippen molar-refractivity contribution in [3.63, 3.8) is 0 Å². The van der Waals surface area contributed by atoms with Crippen LogP contribution in [0.5, 0.6) is 0 Å². The van der Waals surface area contributed by atoms with Gasteiger partial charge in [0.25, 0.3) is 5.91 Å². The zero-order valence-electron chi connectivity index (χ0n) is 20.5. The van der Waals surface area contributed by atoms with Crippen LogP contribution in [-0.2, 0) is 41.9 Å². The van der Waals surface area contributed by atoms with Crippen molar-refractivity contribution < 1.29 is 32.3 Å². The molecule has 10 nitrogen and oxygen atoms in total. The Kier molecular flexibility index (Phi) is 8.20. The molecule has 2 amide bonds. The van der Waals surface area contributed by atoms with Crippen molar-refractivity contribution >= 4 is 54.9 Å². The topological polar surface area (TPSA) is 124 Å². The number of nitrogens with zero attached hydrogens (tertiary/aromatic N) is 3. The van der Waals surface area contributed by atoms with Gasteiger partial charge in [-0.05, 0) is 43.2 Å². The van der Waals surface area contributed by atoms with E-state index in [1.54, 1.807) is 41.8 Å². The van der Waals surface area contributed by atoms with Crippen molar-refractivity contribution in [3.05, 3.63) is 58.4 Å². The molecule has 1 aromatic heterocycles. The molecule has 2 aromatic carbocycles. The van der Waals surface area contributed by atoms with Gasteiger partial charge in [0.2, 0.25) is 5.91 Å². The second kappa shape index (κ2) is 11.4. The van der Waals surface area contributed by atoms with Crippen LogP contribution in [-0.4, -0.2) is 69.1 Å². The maximum Gasteiger partial charge on any atom is 0.338 e. The summed E-state index contributed by atoms with van der Waals surface area (Å²) in [6.07, 6.45) is 0.654. The van der Waals surface area contributed by atoms with E-state index in [1.165, 1.54) is 12.0 Å². The quantitative estimate of drug-likeness (QED) is 0.377. The van der Waals surface area contributed by atoms with Gasteiger partial charge in [0.05, 0.1) is 29.0 Å². The third kappa shape index (κ3) is 6.14. The fraction of sp³-hybridized carbons (Fsp3) is 0.360. The minimum absolute atomic E-state index is 0.242. The lowest BCUT2D eigenvalue weighted by Crippen LogP contribution is -2.36. The second-order valence-electron chi connectivity index (χ2n) is 8.39. The van der Waals surface area contributed by atoms with Gasteiger partial charge in [0, 0.05) is 25.9 Å². The van der Waals surface area contributed by atoms with Gasteiger partial charge in [-0.2, -0.15) is 4.99 Å². The summed E-state index contributed by atoms with van der Waals surface area (Å²) >= 11 is 1.15. The summed E-state index contributed by atoms with van der Waals surface area (Å²) in [5.74, 6) is -3.57. The van der Waals surface area contributed by atoms with E-state index in [0.29, 0.717) is 47.6 Å². The highest BCUT2D eigenvalue weighted by molar-refractivity contribution is 7.92. The van der Waals surface area contributed by atoms with Crippen LogP contribution in [0.2, 0.25) is 0 Å². The van der Waals surface area contributed by atoms with Crippen LogP contribution in [0.4, 0.5) is 5.69 Å². The number of fused-ring (bicyclic) bond motifs is 2. The number of ether oxygens (including phenoxy) is 2. The van der Waals surface area contributed by atoms with Gasteiger partial charge in [0.15, 0.2) is 14.6 Å². The van der Waals surface area contributed by atoms with E-state index >= 15 is 0 Å². The lowest BCUT2D eigenvalue weighted by molar-refractivity contribution is -0.116. The molecule has 0 bridgehead atoms. The van der Waals surface area contributed by atoms with Crippen molar-refractivity contribution in [2.45, 2.75) is 19.9 Å². The van der Waals surface area contributed by atoms with Crippen molar-refractivity contribution in [2.24, 2.45) is 4.99 Å². The molecule has 0 radical (unpaired) electrons. The number of sulfone groups is 1. The number of rotatable bonds is 9. The molecule has 37 heavy (non-hydrogen) atoms. The number of carbonyl (C=O) groups excluding carboxylic acids is 3. The first-order valence-corrected chi connectivity index (χ1v) is 14.3. The van der Waals surface area contributed by atoms with Gasteiger partial charge in [-0.25, -0.2) is 13.2 Å². The molecule has 1 aliphatic rings. The van der Waals surface area contributed by atoms with Gasteiger partial charge >= 0.3 is 5.97 Å². The molecule has 1 aliphatic heterocycles. The second-order valence-corrected chi connectivity index (χ2v) is 11.5. The van der Waals surface area contributed by atoms with Crippen LogP contribution in [0.3, 0.4) is 0 Å². The van der Waals surface area contributed by atoms with E-state index < -0.39 is 39.1 Å². The molecule has 0 saturated heterocycles. The Morgan fingerprint density at radius 1 is 1.11 bits per heavy atom. The number of hydrogen-bond donors (Lipinski definition) is 0. The Morgan fingerprint density at radius 2 is 1.89 bits per heavy atom. The predicted octanol–water partition coefficient (Wildman–Crippen LogP) is 1.96. The third-order valence-electron chi connectivity index (χ3n) is 5.81. The van der Waals surface area contributed by atoms with E-state index in [4.69, 9.17) is 9.47 Å². The number of esters is 1. The molecule has 0 spiro atoms. The maximum atomic E-state index is 12.7. The molecule has 3 aromatic rings. The number of aromatic nitrogens is 1. The summed E-state index contributed by atoms with van der Waals surface area (Å²) in [5.41, 5.74) is 2.76. The van der Waals surface area contributed by atoms with Crippen molar-refractivity contribution in [1.82, 2.24) is 4.57 Å². The Morgan fingerprint density at radius 3 is 2.65 bits per heavy atom. The van der Waals surface area contributed by atoms with Crippen molar-refractivity contribution in [1.29, 1.82) is 0 Å². The Bertz CT molecular complexity index is 1520. The molecule has 0 N–H and O–H groups in total. The molecule has 0 saturated carbocycles. The molecule has 0 atom stereocenters. The van der Waals surface area contributed by atoms with Gasteiger partial charge < -0.3 is 18.9 Å². The number of methoxy groups -OCH3 is 1. The molecule has 12 heteroatoms. The van der Waals surface area contributed by atoms with Gasteiger partial charge in [-0.1, -0.05) is 29.5 Å². The van der Waals surface area contributed by atoms with E-state index in [2.05, 4.69) is 4.99 Å². The number of anilines is 1. The molecule has 196 valence electrons. The summed E-state index contributed by atoms with van der Waals surface area (Å²) in [6.45, 7) is 3.05. The smallest absolute Gasteiger partial charge is 0.338 e. The highest BCUT2D eigenvalue weighted by atomic mass is 32.2. The maximum absolute atomic E-state index is 12.7. The molecule has 4 rings (SSSR count). The first-order chi connectivity index (χ1) is 17.7. The van der Waals surface area contributed by atoms with Crippen LogP contribution in [0.1, 0.15) is 22.8 Å². The molecular weight excluding hydrogens is 518 g/mol. The first kappa shape index (κ1) is 26.7. The van der Waals surface area contributed by atoms with Crippen LogP contribution in [0.15, 0.2) is 47.5 Å². The summed E-state index contributed by atoms with van der Waals surface area (Å²) in [5, 5.41) is 0. The molecule has 0 aliphatic carbocycles. The van der Waals surface area contributed by atoms with E-state index in [9.17, 15) is 22.8 Å². The Hall–Kier alpha value is -3.35. The minimum atomic E-state index is -4.05. The standard InChI is InChI=1S/C25H27N3O7S2/c1-3-35-24(31)18-8-9-20-21(14-18)36-25(28(20)12-13-34-2)26-22(29)15-37(32,33)16-23(30)27-11-10-17-6-4-5-7-19(17)27/h4-9,14H,3,10-13,15-16H2,1-2H3. The number of thiazole rings is 1. The normalized spacial score (nSPS) is 13.7. The van der Waals surface area contributed by atoms with Gasteiger partial charge in [0.1, 0.15) is 11.5 Å². The van der Waals surface area contributed by atoms with Crippen LogP contribution in [0.25, 0.3) is 10.2 Å². The molecule has 0 unspecified atom stereocenters. The average molecular weight is 546 g/mol. The van der Waals surface area contributed by atoms with Crippen LogP contribution in [0, 0.1) is 0 Å². The highest BCUT2D eigenvalue weighted by Gasteiger charge is 2.29. The SMILES string of the molecule is CCOC(=O)c1ccc2c(c1)sc(=NC(=O)CS(=O)(=O)CC(=O)N1CCc3ccccc31)n2CCOC. The van der Waals surface area contributed by atoms with Crippen LogP contribution >= 0.6 is 11.3 Å². The van der Waals surface area contributed by atoms with E-state index in [1.807, 2.05) is 12.1 Å². The number of hydrogen-bond acceptors (Lipinski definition) is 8. The lowest BCUT2D eigenvalue weighted by Gasteiger charge is -2.17. The summed E-state index contributed by atoms with van der Waals surface area (Å²) in [6, 6.07) is 12.3. The summed E-state index contributed by atoms with van der Waals surface area (Å²) in [4.78, 5) is 43.3. The summed E-state index contributed by atoms with van der Waals surface area (Å²) in [7, 11) is -2.51.